The van der Waals surface area contributed by atoms with Crippen molar-refractivity contribution in [1.82, 2.24) is 4.90 Å². The van der Waals surface area contributed by atoms with Gasteiger partial charge in [-0.1, -0.05) is 0 Å². The lowest BCUT2D eigenvalue weighted by molar-refractivity contribution is 0.207. The second-order valence-electron chi connectivity index (χ2n) is 3.82. The third kappa shape index (κ3) is 2.79. The lowest BCUT2D eigenvalue weighted by Gasteiger charge is -2.29. The molecule has 0 unspecified atom stereocenters. The van der Waals surface area contributed by atoms with Gasteiger partial charge in [-0.2, -0.15) is 0 Å². The van der Waals surface area contributed by atoms with E-state index in [-0.39, 0.29) is 0 Å². The Kier molecular flexibility index (Phi) is 3.60. The van der Waals surface area contributed by atoms with Gasteiger partial charge in [0, 0.05) is 17.5 Å². The summed E-state index contributed by atoms with van der Waals surface area (Å²) < 4.78 is 1.22. The molecule has 0 bridgehead atoms. The van der Waals surface area contributed by atoms with Gasteiger partial charge in [0.25, 0.3) is 0 Å². The fraction of sp³-hybridized carbons (Fsp3) is 0.600. The summed E-state index contributed by atoms with van der Waals surface area (Å²) in [5.41, 5.74) is 5.86. The number of nitrogens with two attached hydrogens (primary N) is 1. The van der Waals surface area contributed by atoms with Gasteiger partial charge in [0.2, 0.25) is 0 Å². The van der Waals surface area contributed by atoms with Crippen molar-refractivity contribution in [2.75, 3.05) is 13.1 Å². The molecule has 0 aromatic carbocycles. The topological polar surface area (TPSA) is 29.3 Å². The van der Waals surface area contributed by atoms with E-state index in [9.17, 15) is 0 Å². The van der Waals surface area contributed by atoms with E-state index in [1.807, 2.05) is 11.3 Å². The molecule has 1 fully saturated rings. The Morgan fingerprint density at radius 1 is 1.43 bits per heavy atom. The molecule has 0 amide bonds. The molecule has 2 N–H and O–H groups in total. The predicted octanol–water partition coefficient (Wildman–Crippen LogP) is 2.43. The molecular formula is C10H15BrN2S. The summed E-state index contributed by atoms with van der Waals surface area (Å²) in [6.07, 6.45) is 2.29. The van der Waals surface area contributed by atoms with Gasteiger partial charge in [0.05, 0.1) is 3.79 Å². The summed E-state index contributed by atoms with van der Waals surface area (Å²) in [5, 5.41) is 0. The van der Waals surface area contributed by atoms with Crippen molar-refractivity contribution in [3.8, 4) is 0 Å². The first kappa shape index (κ1) is 10.6. The van der Waals surface area contributed by atoms with Gasteiger partial charge in [-0.15, -0.1) is 11.3 Å². The van der Waals surface area contributed by atoms with E-state index in [0.717, 1.165) is 32.5 Å². The molecule has 0 radical (unpaired) electrons. The van der Waals surface area contributed by atoms with Gasteiger partial charge < -0.3 is 5.73 Å². The van der Waals surface area contributed by atoms with Crippen LogP contribution in [0.5, 0.6) is 0 Å². The molecule has 0 saturated carbocycles. The van der Waals surface area contributed by atoms with Crippen LogP contribution in [-0.2, 0) is 6.54 Å². The molecule has 1 saturated heterocycles. The maximum absolute atomic E-state index is 5.86. The van der Waals surface area contributed by atoms with Crippen LogP contribution >= 0.6 is 27.3 Å². The van der Waals surface area contributed by atoms with E-state index in [2.05, 4.69) is 33.0 Å². The molecule has 0 spiro atoms. The van der Waals surface area contributed by atoms with Crippen LogP contribution in [0, 0.1) is 0 Å². The Morgan fingerprint density at radius 2 is 2.14 bits per heavy atom. The second kappa shape index (κ2) is 4.75. The van der Waals surface area contributed by atoms with Gasteiger partial charge in [-0.05, 0) is 54.0 Å². The molecule has 2 rings (SSSR count). The van der Waals surface area contributed by atoms with Crippen molar-refractivity contribution in [3.63, 3.8) is 0 Å². The molecule has 2 nitrogen and oxygen atoms in total. The molecule has 1 aliphatic rings. The SMILES string of the molecule is NC1CCN(Cc2ccc(Br)s2)CC1. The highest BCUT2D eigenvalue weighted by Gasteiger charge is 2.16. The standard InChI is InChI=1S/C10H15BrN2S/c11-10-2-1-9(14-10)7-13-5-3-8(12)4-6-13/h1-2,8H,3-7,12H2. The monoisotopic (exact) mass is 274 g/mol. The van der Waals surface area contributed by atoms with Crippen molar-refractivity contribution in [2.24, 2.45) is 5.73 Å². The summed E-state index contributed by atoms with van der Waals surface area (Å²) >= 11 is 5.31. The molecule has 1 aromatic rings. The van der Waals surface area contributed by atoms with Gasteiger partial charge in [0.15, 0.2) is 0 Å². The molecule has 1 aliphatic heterocycles. The molecule has 78 valence electrons. The van der Waals surface area contributed by atoms with Crippen LogP contribution in [0.25, 0.3) is 0 Å². The summed E-state index contributed by atoms with van der Waals surface area (Å²) in [6, 6.07) is 4.75. The van der Waals surface area contributed by atoms with Crippen LogP contribution in [0.3, 0.4) is 0 Å². The van der Waals surface area contributed by atoms with Crippen LogP contribution in [0.1, 0.15) is 17.7 Å². The molecular weight excluding hydrogens is 260 g/mol. The van der Waals surface area contributed by atoms with Gasteiger partial charge in [0.1, 0.15) is 0 Å². The Bertz CT molecular complexity index is 292. The summed E-state index contributed by atoms with van der Waals surface area (Å²) in [5.74, 6) is 0. The molecule has 2 heterocycles. The Morgan fingerprint density at radius 3 is 2.71 bits per heavy atom. The first-order valence-electron chi connectivity index (χ1n) is 4.96. The number of nitrogens with zero attached hydrogens (tertiary/aromatic N) is 1. The normalized spacial score (nSPS) is 20.1. The average Bonchev–Trinajstić information content (AvgIpc) is 2.56. The van der Waals surface area contributed by atoms with Crippen molar-refractivity contribution in [3.05, 3.63) is 20.8 Å². The number of halogens is 1. The second-order valence-corrected chi connectivity index (χ2v) is 6.37. The van der Waals surface area contributed by atoms with Gasteiger partial charge in [-0.3, -0.25) is 4.90 Å². The number of likely N-dealkylation sites (tertiary alicyclic amines) is 1. The highest BCUT2D eigenvalue weighted by molar-refractivity contribution is 9.11. The lowest BCUT2D eigenvalue weighted by atomic mass is 10.1. The highest BCUT2D eigenvalue weighted by Crippen LogP contribution is 2.24. The zero-order valence-electron chi connectivity index (χ0n) is 8.08. The highest BCUT2D eigenvalue weighted by atomic mass is 79.9. The molecule has 0 aliphatic carbocycles. The van der Waals surface area contributed by atoms with Crippen LogP contribution in [0.4, 0.5) is 0 Å². The van der Waals surface area contributed by atoms with Crippen LogP contribution in [-0.4, -0.2) is 24.0 Å². The van der Waals surface area contributed by atoms with E-state index in [0.29, 0.717) is 6.04 Å². The number of thiophene rings is 1. The van der Waals surface area contributed by atoms with E-state index < -0.39 is 0 Å². The number of hydrogen-bond donors (Lipinski definition) is 1. The third-order valence-corrected chi connectivity index (χ3v) is 4.25. The molecule has 4 heteroatoms. The van der Waals surface area contributed by atoms with Crippen molar-refractivity contribution in [1.29, 1.82) is 0 Å². The minimum Gasteiger partial charge on any atom is -0.328 e. The van der Waals surface area contributed by atoms with E-state index >= 15 is 0 Å². The fourth-order valence-corrected chi connectivity index (χ4v) is 3.29. The summed E-state index contributed by atoms with van der Waals surface area (Å²) in [4.78, 5) is 3.93. The quantitative estimate of drug-likeness (QED) is 0.898. The predicted molar refractivity (Wildman–Crippen MR) is 64.5 cm³/mol. The zero-order chi connectivity index (χ0) is 9.97. The van der Waals surface area contributed by atoms with Crippen LogP contribution in [0.2, 0.25) is 0 Å². The van der Waals surface area contributed by atoms with E-state index in [1.165, 1.54) is 8.66 Å². The number of hydrogen-bond acceptors (Lipinski definition) is 3. The van der Waals surface area contributed by atoms with E-state index in [4.69, 9.17) is 5.73 Å². The van der Waals surface area contributed by atoms with Gasteiger partial charge in [-0.25, -0.2) is 0 Å². The number of piperidine rings is 1. The van der Waals surface area contributed by atoms with Crippen molar-refractivity contribution < 1.29 is 0 Å². The maximum atomic E-state index is 5.86. The Labute approximate surface area is 97.2 Å². The van der Waals surface area contributed by atoms with Crippen LogP contribution < -0.4 is 5.73 Å². The molecule has 14 heavy (non-hydrogen) atoms. The summed E-state index contributed by atoms with van der Waals surface area (Å²) in [7, 11) is 0. The fourth-order valence-electron chi connectivity index (χ4n) is 1.77. The Balaban J connectivity index is 1.86. The minimum atomic E-state index is 0.432. The van der Waals surface area contributed by atoms with Crippen molar-refractivity contribution >= 4 is 27.3 Å². The molecule has 1 aromatic heterocycles. The average molecular weight is 275 g/mol. The van der Waals surface area contributed by atoms with Crippen molar-refractivity contribution in [2.45, 2.75) is 25.4 Å². The first-order chi connectivity index (χ1) is 6.74. The summed E-state index contributed by atoms with van der Waals surface area (Å²) in [6.45, 7) is 3.39. The Hall–Kier alpha value is 0.1000. The lowest BCUT2D eigenvalue weighted by Crippen LogP contribution is -2.39. The maximum Gasteiger partial charge on any atom is 0.0701 e. The first-order valence-corrected chi connectivity index (χ1v) is 6.57. The van der Waals surface area contributed by atoms with E-state index in [1.54, 1.807) is 0 Å². The molecule has 0 atom stereocenters. The minimum absolute atomic E-state index is 0.432. The van der Waals surface area contributed by atoms with Crippen LogP contribution in [0.15, 0.2) is 15.9 Å². The van der Waals surface area contributed by atoms with Gasteiger partial charge >= 0.3 is 0 Å². The number of rotatable bonds is 2. The zero-order valence-corrected chi connectivity index (χ0v) is 10.5. The largest absolute Gasteiger partial charge is 0.328 e. The smallest absolute Gasteiger partial charge is 0.0701 e. The third-order valence-electron chi connectivity index (χ3n) is 2.64.